The predicted octanol–water partition coefficient (Wildman–Crippen LogP) is 2.35. The molecule has 0 aromatic carbocycles. The Kier molecular flexibility index (Phi) is 1.95. The van der Waals surface area contributed by atoms with E-state index in [0.717, 1.165) is 22.6 Å². The first-order valence-electron chi connectivity index (χ1n) is 4.82. The van der Waals surface area contributed by atoms with Gasteiger partial charge in [-0.15, -0.1) is 0 Å². The van der Waals surface area contributed by atoms with Crippen molar-refractivity contribution in [3.8, 4) is 0 Å². The molecule has 0 aliphatic carbocycles. The van der Waals surface area contributed by atoms with Gasteiger partial charge in [-0.1, -0.05) is 13.8 Å². The van der Waals surface area contributed by atoms with Gasteiger partial charge in [0.05, 0.1) is 11.4 Å². The lowest BCUT2D eigenvalue weighted by molar-refractivity contribution is 0.834. The fraction of sp³-hybridized carbons (Fsp3) is 0.364. The van der Waals surface area contributed by atoms with E-state index >= 15 is 0 Å². The van der Waals surface area contributed by atoms with Crippen LogP contribution < -0.4 is 5.73 Å². The normalized spacial score (nSPS) is 11.4. The number of hydrogen-bond donors (Lipinski definition) is 1. The van der Waals surface area contributed by atoms with Gasteiger partial charge in [0.15, 0.2) is 5.65 Å². The second-order valence-corrected chi connectivity index (χ2v) is 4.02. The average molecular weight is 189 g/mol. The number of nitrogens with two attached hydrogens (primary N) is 1. The third kappa shape index (κ3) is 1.35. The van der Waals surface area contributed by atoms with Crippen LogP contribution in [0.2, 0.25) is 0 Å². The summed E-state index contributed by atoms with van der Waals surface area (Å²) < 4.78 is 2.00. The van der Waals surface area contributed by atoms with Crippen LogP contribution in [0.1, 0.15) is 31.0 Å². The second-order valence-electron chi connectivity index (χ2n) is 4.02. The molecule has 0 spiro atoms. The summed E-state index contributed by atoms with van der Waals surface area (Å²) in [4.78, 5) is 4.49. The number of imidazole rings is 1. The highest BCUT2D eigenvalue weighted by atomic mass is 15.0. The minimum Gasteiger partial charge on any atom is -0.396 e. The lowest BCUT2D eigenvalue weighted by Gasteiger charge is -1.98. The maximum absolute atomic E-state index is 5.89. The minimum atomic E-state index is 0.439. The molecule has 2 heterocycles. The summed E-state index contributed by atoms with van der Waals surface area (Å²) in [7, 11) is 0. The molecule has 3 nitrogen and oxygen atoms in total. The summed E-state index contributed by atoms with van der Waals surface area (Å²) >= 11 is 0. The van der Waals surface area contributed by atoms with Crippen LogP contribution in [0.3, 0.4) is 0 Å². The van der Waals surface area contributed by atoms with Crippen LogP contribution in [-0.2, 0) is 0 Å². The molecule has 3 heteroatoms. The molecule has 2 aromatic rings. The van der Waals surface area contributed by atoms with E-state index in [2.05, 4.69) is 18.8 Å². The molecule has 2 aromatic heterocycles. The number of aromatic nitrogens is 2. The van der Waals surface area contributed by atoms with Gasteiger partial charge in [-0.3, -0.25) is 0 Å². The Morgan fingerprint density at radius 3 is 2.71 bits per heavy atom. The van der Waals surface area contributed by atoms with Crippen LogP contribution in [0.4, 0.5) is 5.69 Å². The van der Waals surface area contributed by atoms with E-state index in [1.165, 1.54) is 0 Å². The first-order chi connectivity index (χ1) is 6.58. The van der Waals surface area contributed by atoms with Crippen molar-refractivity contribution in [3.05, 3.63) is 29.7 Å². The Morgan fingerprint density at radius 1 is 1.36 bits per heavy atom. The maximum atomic E-state index is 5.89. The maximum Gasteiger partial charge on any atom is 0.160 e. The molecule has 14 heavy (non-hydrogen) atoms. The highest BCUT2D eigenvalue weighted by molar-refractivity contribution is 5.65. The third-order valence-electron chi connectivity index (χ3n) is 2.33. The fourth-order valence-corrected chi connectivity index (χ4v) is 1.57. The Morgan fingerprint density at radius 2 is 2.07 bits per heavy atom. The highest BCUT2D eigenvalue weighted by Crippen LogP contribution is 2.19. The summed E-state index contributed by atoms with van der Waals surface area (Å²) in [5.41, 5.74) is 9.74. The van der Waals surface area contributed by atoms with E-state index in [1.54, 1.807) is 0 Å². The Labute approximate surface area is 83.6 Å². The van der Waals surface area contributed by atoms with Gasteiger partial charge in [0.25, 0.3) is 0 Å². The smallest absolute Gasteiger partial charge is 0.160 e. The van der Waals surface area contributed by atoms with Crippen molar-refractivity contribution in [2.45, 2.75) is 26.7 Å². The predicted molar refractivity (Wildman–Crippen MR) is 58.4 cm³/mol. The van der Waals surface area contributed by atoms with E-state index in [9.17, 15) is 0 Å². The zero-order valence-corrected chi connectivity index (χ0v) is 8.78. The first kappa shape index (κ1) is 9.06. The van der Waals surface area contributed by atoms with Crippen LogP contribution in [0, 0.1) is 6.92 Å². The van der Waals surface area contributed by atoms with Crippen molar-refractivity contribution < 1.29 is 0 Å². The zero-order valence-electron chi connectivity index (χ0n) is 8.78. The Hall–Kier alpha value is -1.51. The molecule has 0 aliphatic heterocycles. The number of nitrogen functional groups attached to an aromatic ring is 1. The van der Waals surface area contributed by atoms with Gasteiger partial charge in [0, 0.05) is 12.4 Å². The number of anilines is 1. The summed E-state index contributed by atoms with van der Waals surface area (Å²) in [6.07, 6.45) is 4.09. The Bertz CT molecular complexity index is 469. The SMILES string of the molecule is Cc1cc(N)c2nc(C(C)C)cn2c1. The number of pyridine rings is 1. The van der Waals surface area contributed by atoms with Crippen molar-refractivity contribution >= 4 is 11.3 Å². The molecule has 74 valence electrons. The van der Waals surface area contributed by atoms with Crippen LogP contribution in [-0.4, -0.2) is 9.38 Å². The quantitative estimate of drug-likeness (QED) is 0.748. The van der Waals surface area contributed by atoms with E-state index in [4.69, 9.17) is 5.73 Å². The topological polar surface area (TPSA) is 43.3 Å². The molecule has 0 amide bonds. The van der Waals surface area contributed by atoms with Crippen molar-refractivity contribution in [2.75, 3.05) is 5.73 Å². The number of nitrogens with zero attached hydrogens (tertiary/aromatic N) is 2. The van der Waals surface area contributed by atoms with Gasteiger partial charge < -0.3 is 10.1 Å². The van der Waals surface area contributed by atoms with Gasteiger partial charge in [0.2, 0.25) is 0 Å². The number of rotatable bonds is 1. The van der Waals surface area contributed by atoms with Gasteiger partial charge in [-0.25, -0.2) is 4.98 Å². The number of hydrogen-bond acceptors (Lipinski definition) is 2. The highest BCUT2D eigenvalue weighted by Gasteiger charge is 2.07. The van der Waals surface area contributed by atoms with E-state index in [0.29, 0.717) is 5.92 Å². The minimum absolute atomic E-state index is 0.439. The van der Waals surface area contributed by atoms with Crippen molar-refractivity contribution in [1.82, 2.24) is 9.38 Å². The molecule has 0 bridgehead atoms. The molecule has 0 fully saturated rings. The molecule has 0 radical (unpaired) electrons. The largest absolute Gasteiger partial charge is 0.396 e. The monoisotopic (exact) mass is 189 g/mol. The summed E-state index contributed by atoms with van der Waals surface area (Å²) in [6, 6.07) is 1.95. The first-order valence-corrected chi connectivity index (χ1v) is 4.82. The summed E-state index contributed by atoms with van der Waals surface area (Å²) in [5.74, 6) is 0.439. The van der Waals surface area contributed by atoms with Crippen molar-refractivity contribution in [3.63, 3.8) is 0 Å². The molecule has 0 unspecified atom stereocenters. The molecule has 0 saturated heterocycles. The van der Waals surface area contributed by atoms with Crippen LogP contribution in [0.5, 0.6) is 0 Å². The van der Waals surface area contributed by atoms with Crippen LogP contribution >= 0.6 is 0 Å². The standard InChI is InChI=1S/C11H15N3/c1-7(2)10-6-14-5-8(3)4-9(12)11(14)13-10/h4-7H,12H2,1-3H3. The van der Waals surface area contributed by atoms with Gasteiger partial charge >= 0.3 is 0 Å². The second kappa shape index (κ2) is 3.01. The van der Waals surface area contributed by atoms with E-state index in [-0.39, 0.29) is 0 Å². The number of aryl methyl sites for hydroxylation is 1. The molecule has 2 N–H and O–H groups in total. The van der Waals surface area contributed by atoms with Gasteiger partial charge in [0.1, 0.15) is 0 Å². The molecule has 0 atom stereocenters. The lowest BCUT2D eigenvalue weighted by Crippen LogP contribution is -1.93. The third-order valence-corrected chi connectivity index (χ3v) is 2.33. The van der Waals surface area contributed by atoms with Crippen LogP contribution in [0.15, 0.2) is 18.5 Å². The lowest BCUT2D eigenvalue weighted by atomic mass is 10.2. The Balaban J connectivity index is 2.70. The molecule has 0 aliphatic rings. The molecular formula is C11H15N3. The summed E-state index contributed by atoms with van der Waals surface area (Å²) in [5, 5.41) is 0. The molecule has 2 rings (SSSR count). The van der Waals surface area contributed by atoms with Gasteiger partial charge in [-0.05, 0) is 24.5 Å². The van der Waals surface area contributed by atoms with Gasteiger partial charge in [-0.2, -0.15) is 0 Å². The molecule has 0 saturated carbocycles. The summed E-state index contributed by atoms with van der Waals surface area (Å²) in [6.45, 7) is 6.29. The number of fused-ring (bicyclic) bond motifs is 1. The van der Waals surface area contributed by atoms with E-state index < -0.39 is 0 Å². The van der Waals surface area contributed by atoms with Crippen LogP contribution in [0.25, 0.3) is 5.65 Å². The molecular weight excluding hydrogens is 174 g/mol. The average Bonchev–Trinajstić information content (AvgIpc) is 2.47. The zero-order chi connectivity index (χ0) is 10.3. The van der Waals surface area contributed by atoms with Crippen molar-refractivity contribution in [1.29, 1.82) is 0 Å². The van der Waals surface area contributed by atoms with Crippen molar-refractivity contribution in [2.24, 2.45) is 0 Å². The van der Waals surface area contributed by atoms with E-state index in [1.807, 2.05) is 29.8 Å². The fourth-order valence-electron chi connectivity index (χ4n) is 1.57.